The van der Waals surface area contributed by atoms with Crippen LogP contribution in [-0.2, 0) is 6.42 Å². The predicted molar refractivity (Wildman–Crippen MR) is 68.2 cm³/mol. The van der Waals surface area contributed by atoms with E-state index < -0.39 is 0 Å². The molecule has 0 atom stereocenters. The normalized spacial score (nSPS) is 11.1. The Morgan fingerprint density at radius 3 is 2.53 bits per heavy atom. The van der Waals surface area contributed by atoms with Crippen LogP contribution in [0.2, 0.25) is 0 Å². The van der Waals surface area contributed by atoms with E-state index in [4.69, 9.17) is 5.73 Å². The summed E-state index contributed by atoms with van der Waals surface area (Å²) >= 11 is 0. The number of benzene rings is 1. The molecule has 2 rings (SSSR count). The molecule has 1 aromatic heterocycles. The molecule has 0 amide bonds. The Morgan fingerprint density at radius 1 is 1.24 bits per heavy atom. The fourth-order valence-corrected chi connectivity index (χ4v) is 1.79. The zero-order valence-electron chi connectivity index (χ0n) is 10.3. The van der Waals surface area contributed by atoms with E-state index in [0.717, 1.165) is 17.9 Å². The summed E-state index contributed by atoms with van der Waals surface area (Å²) in [6, 6.07) is 8.48. The van der Waals surface area contributed by atoms with Gasteiger partial charge in [0.15, 0.2) is 0 Å². The molecule has 0 aliphatic rings. The summed E-state index contributed by atoms with van der Waals surface area (Å²) in [4.78, 5) is 0. The molecule has 4 heteroatoms. The molecule has 90 valence electrons. The van der Waals surface area contributed by atoms with Crippen LogP contribution in [0.3, 0.4) is 0 Å². The summed E-state index contributed by atoms with van der Waals surface area (Å²) < 4.78 is 1.98. The van der Waals surface area contributed by atoms with Gasteiger partial charge in [0.1, 0.15) is 12.2 Å². The average molecular weight is 230 g/mol. The van der Waals surface area contributed by atoms with Crippen LogP contribution in [0.1, 0.15) is 31.2 Å². The van der Waals surface area contributed by atoms with E-state index in [9.17, 15) is 0 Å². The van der Waals surface area contributed by atoms with Crippen LogP contribution in [0.4, 0.5) is 0 Å². The smallest absolute Gasteiger partial charge is 0.138 e. The molecule has 0 aliphatic heterocycles. The van der Waals surface area contributed by atoms with Crippen molar-refractivity contribution in [2.45, 2.75) is 26.2 Å². The lowest BCUT2D eigenvalue weighted by atomic mass is 10.0. The number of hydrogen-bond acceptors (Lipinski definition) is 3. The van der Waals surface area contributed by atoms with Crippen LogP contribution in [0.5, 0.6) is 0 Å². The molecule has 0 aliphatic carbocycles. The molecule has 0 radical (unpaired) electrons. The second kappa shape index (κ2) is 5.10. The molecule has 0 saturated heterocycles. The maximum Gasteiger partial charge on any atom is 0.138 e. The Morgan fingerprint density at radius 2 is 1.94 bits per heavy atom. The molecular formula is C13H18N4. The highest BCUT2D eigenvalue weighted by atomic mass is 15.3. The third-order valence-electron chi connectivity index (χ3n) is 2.82. The topological polar surface area (TPSA) is 56.7 Å². The van der Waals surface area contributed by atoms with Gasteiger partial charge >= 0.3 is 0 Å². The first kappa shape index (κ1) is 11.8. The third kappa shape index (κ3) is 2.53. The van der Waals surface area contributed by atoms with Crippen LogP contribution < -0.4 is 5.73 Å². The van der Waals surface area contributed by atoms with Crippen molar-refractivity contribution < 1.29 is 0 Å². The van der Waals surface area contributed by atoms with Crippen LogP contribution in [0.25, 0.3) is 5.69 Å². The lowest BCUT2D eigenvalue weighted by molar-refractivity contribution is 0.827. The number of hydrogen-bond donors (Lipinski definition) is 1. The maximum atomic E-state index is 5.55. The number of aromatic nitrogens is 3. The Kier molecular flexibility index (Phi) is 3.54. The number of rotatable bonds is 4. The van der Waals surface area contributed by atoms with Crippen molar-refractivity contribution in [3.8, 4) is 5.69 Å². The van der Waals surface area contributed by atoms with E-state index in [-0.39, 0.29) is 0 Å². The largest absolute Gasteiger partial charge is 0.330 e. The minimum Gasteiger partial charge on any atom is -0.330 e. The summed E-state index contributed by atoms with van der Waals surface area (Å²) in [5, 5.41) is 8.00. The van der Waals surface area contributed by atoms with Gasteiger partial charge in [-0.15, -0.1) is 10.2 Å². The van der Waals surface area contributed by atoms with Gasteiger partial charge in [0.2, 0.25) is 0 Å². The van der Waals surface area contributed by atoms with Crippen LogP contribution in [0, 0.1) is 0 Å². The van der Waals surface area contributed by atoms with Gasteiger partial charge < -0.3 is 5.73 Å². The molecule has 1 aromatic carbocycles. The molecule has 1 heterocycles. The zero-order chi connectivity index (χ0) is 12.3. The Bertz CT molecular complexity index is 470. The van der Waals surface area contributed by atoms with Gasteiger partial charge in [-0.3, -0.25) is 4.57 Å². The highest BCUT2D eigenvalue weighted by Gasteiger charge is 2.06. The molecule has 2 N–H and O–H groups in total. The first-order valence-electron chi connectivity index (χ1n) is 5.91. The molecule has 0 unspecified atom stereocenters. The standard InChI is InChI=1S/C13H18N4/c1-10(2)11-3-5-12(6-4-11)17-9-15-16-13(17)7-8-14/h3-6,9-10H,7-8,14H2,1-2H3. The fraction of sp³-hybridized carbons (Fsp3) is 0.385. The van der Waals surface area contributed by atoms with Crippen molar-refractivity contribution in [2.75, 3.05) is 6.54 Å². The maximum absolute atomic E-state index is 5.55. The summed E-state index contributed by atoms with van der Waals surface area (Å²) in [5.41, 5.74) is 7.97. The summed E-state index contributed by atoms with van der Waals surface area (Å²) in [6.45, 7) is 4.96. The highest BCUT2D eigenvalue weighted by Crippen LogP contribution is 2.17. The Balaban J connectivity index is 2.30. The van der Waals surface area contributed by atoms with Crippen molar-refractivity contribution >= 4 is 0 Å². The van der Waals surface area contributed by atoms with E-state index in [2.05, 4.69) is 48.3 Å². The predicted octanol–water partition coefficient (Wildman–Crippen LogP) is 1.89. The second-order valence-electron chi connectivity index (χ2n) is 4.40. The number of nitrogens with two attached hydrogens (primary N) is 1. The van der Waals surface area contributed by atoms with Gasteiger partial charge in [-0.1, -0.05) is 26.0 Å². The van der Waals surface area contributed by atoms with Crippen LogP contribution >= 0.6 is 0 Å². The quantitative estimate of drug-likeness (QED) is 0.872. The van der Waals surface area contributed by atoms with Gasteiger partial charge in [0.05, 0.1) is 0 Å². The first-order valence-corrected chi connectivity index (χ1v) is 5.91. The minimum absolute atomic E-state index is 0.550. The van der Waals surface area contributed by atoms with E-state index in [1.54, 1.807) is 6.33 Å². The van der Waals surface area contributed by atoms with Crippen molar-refractivity contribution in [3.05, 3.63) is 42.0 Å². The van der Waals surface area contributed by atoms with Gasteiger partial charge in [-0.2, -0.15) is 0 Å². The fourth-order valence-electron chi connectivity index (χ4n) is 1.79. The molecule has 4 nitrogen and oxygen atoms in total. The van der Waals surface area contributed by atoms with Gasteiger partial charge in [0.25, 0.3) is 0 Å². The molecule has 0 fully saturated rings. The monoisotopic (exact) mass is 230 g/mol. The summed E-state index contributed by atoms with van der Waals surface area (Å²) in [7, 11) is 0. The third-order valence-corrected chi connectivity index (χ3v) is 2.82. The van der Waals surface area contributed by atoms with Crippen molar-refractivity contribution in [1.82, 2.24) is 14.8 Å². The van der Waals surface area contributed by atoms with Gasteiger partial charge in [-0.05, 0) is 30.2 Å². The summed E-state index contributed by atoms with van der Waals surface area (Å²) in [5.74, 6) is 1.46. The lowest BCUT2D eigenvalue weighted by Crippen LogP contribution is -2.08. The van der Waals surface area contributed by atoms with Crippen molar-refractivity contribution in [1.29, 1.82) is 0 Å². The van der Waals surface area contributed by atoms with Crippen molar-refractivity contribution in [2.24, 2.45) is 5.73 Å². The zero-order valence-corrected chi connectivity index (χ0v) is 10.3. The molecule has 0 spiro atoms. The average Bonchev–Trinajstić information content (AvgIpc) is 2.78. The lowest BCUT2D eigenvalue weighted by Gasteiger charge is -2.09. The van der Waals surface area contributed by atoms with E-state index >= 15 is 0 Å². The molecule has 2 aromatic rings. The second-order valence-corrected chi connectivity index (χ2v) is 4.40. The highest BCUT2D eigenvalue weighted by molar-refractivity contribution is 5.36. The van der Waals surface area contributed by atoms with Gasteiger partial charge in [-0.25, -0.2) is 0 Å². The molecule has 0 saturated carbocycles. The van der Waals surface area contributed by atoms with E-state index in [1.807, 2.05) is 4.57 Å². The SMILES string of the molecule is CC(C)c1ccc(-n2cnnc2CCN)cc1. The van der Waals surface area contributed by atoms with E-state index in [0.29, 0.717) is 12.5 Å². The van der Waals surface area contributed by atoms with Crippen LogP contribution in [0.15, 0.2) is 30.6 Å². The number of nitrogens with zero attached hydrogens (tertiary/aromatic N) is 3. The molecule has 17 heavy (non-hydrogen) atoms. The van der Waals surface area contributed by atoms with Gasteiger partial charge in [0, 0.05) is 12.1 Å². The summed E-state index contributed by atoms with van der Waals surface area (Å²) in [6.07, 6.45) is 2.47. The Labute approximate surface area is 101 Å². The van der Waals surface area contributed by atoms with E-state index in [1.165, 1.54) is 5.56 Å². The first-order chi connectivity index (χ1) is 8.22. The van der Waals surface area contributed by atoms with Crippen molar-refractivity contribution in [3.63, 3.8) is 0 Å². The Hall–Kier alpha value is -1.68. The minimum atomic E-state index is 0.550. The van der Waals surface area contributed by atoms with Crippen LogP contribution in [-0.4, -0.2) is 21.3 Å². The molecule has 0 bridgehead atoms. The molecular weight excluding hydrogens is 212 g/mol.